The van der Waals surface area contributed by atoms with Crippen molar-refractivity contribution in [1.82, 2.24) is 10.2 Å². The van der Waals surface area contributed by atoms with Crippen LogP contribution in [0.1, 0.15) is 44.9 Å². The highest BCUT2D eigenvalue weighted by Crippen LogP contribution is 2.29. The summed E-state index contributed by atoms with van der Waals surface area (Å²) in [5.74, 6) is -1.68. The van der Waals surface area contributed by atoms with Crippen LogP contribution in [0.3, 0.4) is 0 Å². The second-order valence-corrected chi connectivity index (χ2v) is 5.94. The van der Waals surface area contributed by atoms with E-state index in [0.717, 1.165) is 19.3 Å². The lowest BCUT2D eigenvalue weighted by atomic mass is 9.81. The minimum atomic E-state index is -1.12. The second-order valence-electron chi connectivity index (χ2n) is 5.94. The summed E-state index contributed by atoms with van der Waals surface area (Å²) in [5.41, 5.74) is -1.12. The monoisotopic (exact) mass is 282 g/mol. The number of amides is 2. The van der Waals surface area contributed by atoms with Gasteiger partial charge in [0.1, 0.15) is 5.54 Å². The van der Waals surface area contributed by atoms with E-state index in [0.29, 0.717) is 25.8 Å². The maximum Gasteiger partial charge on any atom is 0.329 e. The zero-order chi connectivity index (χ0) is 14.8. The van der Waals surface area contributed by atoms with Crippen LogP contribution in [-0.2, 0) is 14.4 Å². The number of piperidine rings is 1. The fraction of sp³-hybridized carbons (Fsp3) is 0.786. The van der Waals surface area contributed by atoms with Crippen molar-refractivity contribution in [2.75, 3.05) is 13.6 Å². The van der Waals surface area contributed by atoms with Crippen LogP contribution in [0.2, 0.25) is 0 Å². The highest BCUT2D eigenvalue weighted by Gasteiger charge is 2.42. The number of nitrogens with one attached hydrogen (secondary N) is 1. The molecular weight excluding hydrogens is 260 g/mol. The molecule has 0 aromatic carbocycles. The van der Waals surface area contributed by atoms with E-state index in [1.807, 2.05) is 0 Å². The molecule has 1 heterocycles. The van der Waals surface area contributed by atoms with Crippen molar-refractivity contribution in [3.05, 3.63) is 0 Å². The quantitative estimate of drug-likeness (QED) is 0.800. The van der Waals surface area contributed by atoms with Gasteiger partial charge in [-0.25, -0.2) is 4.79 Å². The molecule has 1 atom stereocenters. The molecule has 0 radical (unpaired) electrons. The van der Waals surface area contributed by atoms with Crippen molar-refractivity contribution in [2.45, 2.75) is 50.5 Å². The van der Waals surface area contributed by atoms with E-state index >= 15 is 0 Å². The number of carbonyl (C=O) groups is 3. The molecule has 0 aromatic rings. The van der Waals surface area contributed by atoms with Gasteiger partial charge in [0.05, 0.1) is 0 Å². The number of carboxylic acids is 1. The van der Waals surface area contributed by atoms with Gasteiger partial charge in [-0.15, -0.1) is 0 Å². The smallest absolute Gasteiger partial charge is 0.329 e. The third-order valence-electron chi connectivity index (χ3n) is 4.51. The molecule has 2 amide bonds. The zero-order valence-electron chi connectivity index (χ0n) is 11.9. The molecule has 0 spiro atoms. The third-order valence-corrected chi connectivity index (χ3v) is 4.51. The van der Waals surface area contributed by atoms with Crippen LogP contribution < -0.4 is 5.32 Å². The Bertz CT molecular complexity index is 415. The van der Waals surface area contributed by atoms with Crippen molar-refractivity contribution >= 4 is 17.8 Å². The highest BCUT2D eigenvalue weighted by atomic mass is 16.4. The minimum Gasteiger partial charge on any atom is -0.480 e. The normalized spacial score (nSPS) is 26.1. The molecule has 1 unspecified atom stereocenters. The van der Waals surface area contributed by atoms with Gasteiger partial charge in [0.25, 0.3) is 0 Å². The summed E-state index contributed by atoms with van der Waals surface area (Å²) in [4.78, 5) is 37.1. The number of hydrogen-bond acceptors (Lipinski definition) is 3. The van der Waals surface area contributed by atoms with Crippen LogP contribution in [0.5, 0.6) is 0 Å². The standard InChI is InChI=1S/C14H22N2O4/c1-16-8-5-10(9-11(16)17)12(18)15-14(13(19)20)6-3-2-4-7-14/h10H,2-9H2,1H3,(H,15,18)(H,19,20). The summed E-state index contributed by atoms with van der Waals surface area (Å²) in [6, 6.07) is 0. The van der Waals surface area contributed by atoms with E-state index < -0.39 is 17.4 Å². The molecule has 2 aliphatic rings. The van der Waals surface area contributed by atoms with E-state index in [1.165, 1.54) is 0 Å². The Hall–Kier alpha value is -1.59. The summed E-state index contributed by atoms with van der Waals surface area (Å²) >= 11 is 0. The van der Waals surface area contributed by atoms with Crippen LogP contribution in [0.15, 0.2) is 0 Å². The molecule has 1 saturated heterocycles. The van der Waals surface area contributed by atoms with Gasteiger partial charge in [-0.2, -0.15) is 0 Å². The molecule has 1 aliphatic heterocycles. The van der Waals surface area contributed by atoms with E-state index in [1.54, 1.807) is 11.9 Å². The molecule has 112 valence electrons. The van der Waals surface area contributed by atoms with Crippen LogP contribution in [0, 0.1) is 5.92 Å². The van der Waals surface area contributed by atoms with Crippen molar-refractivity contribution < 1.29 is 19.5 Å². The number of aliphatic carboxylic acids is 1. The number of carboxylic acid groups (broad SMARTS) is 1. The van der Waals surface area contributed by atoms with Crippen molar-refractivity contribution in [3.63, 3.8) is 0 Å². The van der Waals surface area contributed by atoms with Gasteiger partial charge in [-0.1, -0.05) is 19.3 Å². The Morgan fingerprint density at radius 2 is 1.95 bits per heavy atom. The number of rotatable bonds is 3. The van der Waals surface area contributed by atoms with Gasteiger partial charge in [-0.05, 0) is 19.3 Å². The molecule has 0 bridgehead atoms. The number of carbonyl (C=O) groups excluding carboxylic acids is 2. The van der Waals surface area contributed by atoms with E-state index in [9.17, 15) is 19.5 Å². The largest absolute Gasteiger partial charge is 0.480 e. The van der Waals surface area contributed by atoms with E-state index in [2.05, 4.69) is 5.32 Å². The molecule has 1 saturated carbocycles. The topological polar surface area (TPSA) is 86.7 Å². The van der Waals surface area contributed by atoms with Crippen molar-refractivity contribution in [3.8, 4) is 0 Å². The predicted octanol–water partition coefficient (Wildman–Crippen LogP) is 0.758. The van der Waals surface area contributed by atoms with Crippen molar-refractivity contribution in [1.29, 1.82) is 0 Å². The van der Waals surface area contributed by atoms with E-state index in [4.69, 9.17) is 0 Å². The average molecular weight is 282 g/mol. The maximum absolute atomic E-state index is 12.3. The summed E-state index contributed by atoms with van der Waals surface area (Å²) in [5, 5.41) is 12.2. The lowest BCUT2D eigenvalue weighted by Gasteiger charge is -2.36. The fourth-order valence-electron chi connectivity index (χ4n) is 3.05. The van der Waals surface area contributed by atoms with Crippen molar-refractivity contribution in [2.24, 2.45) is 5.92 Å². The first kappa shape index (κ1) is 14.8. The van der Waals surface area contributed by atoms with Gasteiger partial charge in [-0.3, -0.25) is 9.59 Å². The molecule has 2 N–H and O–H groups in total. The SMILES string of the molecule is CN1CCC(C(=O)NC2(C(=O)O)CCCCC2)CC1=O. The highest BCUT2D eigenvalue weighted by molar-refractivity contribution is 5.91. The van der Waals surface area contributed by atoms with Crippen LogP contribution >= 0.6 is 0 Å². The number of likely N-dealkylation sites (tertiary alicyclic amines) is 1. The van der Waals surface area contributed by atoms with Gasteiger partial charge in [0.2, 0.25) is 11.8 Å². The molecule has 0 aromatic heterocycles. The Labute approximate surface area is 118 Å². The first-order chi connectivity index (χ1) is 9.44. The van der Waals surface area contributed by atoms with Gasteiger partial charge >= 0.3 is 5.97 Å². The lowest BCUT2D eigenvalue weighted by molar-refractivity contribution is -0.150. The van der Waals surface area contributed by atoms with Crippen LogP contribution in [0.25, 0.3) is 0 Å². The molecular formula is C14H22N2O4. The summed E-state index contributed by atoms with van der Waals surface area (Å²) in [7, 11) is 1.72. The fourth-order valence-corrected chi connectivity index (χ4v) is 3.05. The van der Waals surface area contributed by atoms with E-state index in [-0.39, 0.29) is 18.2 Å². The molecule has 2 rings (SSSR count). The number of hydrogen-bond donors (Lipinski definition) is 2. The van der Waals surface area contributed by atoms with Gasteiger partial charge in [0.15, 0.2) is 0 Å². The summed E-state index contributed by atoms with van der Waals surface area (Å²) < 4.78 is 0. The molecule has 6 heteroatoms. The average Bonchev–Trinajstić information content (AvgIpc) is 2.42. The Balaban J connectivity index is 2.02. The summed E-state index contributed by atoms with van der Waals surface area (Å²) in [6.07, 6.45) is 4.39. The van der Waals surface area contributed by atoms with Gasteiger partial charge < -0.3 is 15.3 Å². The molecule has 6 nitrogen and oxygen atoms in total. The van der Waals surface area contributed by atoms with Crippen LogP contribution in [-0.4, -0.2) is 46.9 Å². The maximum atomic E-state index is 12.3. The number of nitrogens with zero attached hydrogens (tertiary/aromatic N) is 1. The molecule has 1 aliphatic carbocycles. The predicted molar refractivity (Wildman–Crippen MR) is 72.0 cm³/mol. The Morgan fingerprint density at radius 3 is 2.50 bits per heavy atom. The Morgan fingerprint density at radius 1 is 1.30 bits per heavy atom. The first-order valence-corrected chi connectivity index (χ1v) is 7.24. The third kappa shape index (κ3) is 2.94. The zero-order valence-corrected chi connectivity index (χ0v) is 11.9. The van der Waals surface area contributed by atoms with Crippen LogP contribution in [0.4, 0.5) is 0 Å². The lowest BCUT2D eigenvalue weighted by Crippen LogP contribution is -2.57. The Kier molecular flexibility index (Phi) is 4.30. The van der Waals surface area contributed by atoms with Gasteiger partial charge in [0, 0.05) is 25.9 Å². The molecule has 2 fully saturated rings. The summed E-state index contributed by atoms with van der Waals surface area (Å²) in [6.45, 7) is 0.553. The minimum absolute atomic E-state index is 0.0515. The first-order valence-electron chi connectivity index (χ1n) is 7.24. The second kappa shape index (κ2) is 5.81. The molecule has 20 heavy (non-hydrogen) atoms.